The largest absolute Gasteiger partial charge is 0.444 e. The smallest absolute Gasteiger partial charge is 0.410 e. The molecule has 2 aliphatic rings. The Hall–Kier alpha value is -0.770. The van der Waals surface area contributed by atoms with Gasteiger partial charge in [0.15, 0.2) is 0 Å². The topological polar surface area (TPSA) is 41.6 Å². The number of amides is 1. The molecule has 4 heteroatoms. The van der Waals surface area contributed by atoms with Gasteiger partial charge in [0.2, 0.25) is 0 Å². The Morgan fingerprint density at radius 2 is 1.96 bits per heavy atom. The summed E-state index contributed by atoms with van der Waals surface area (Å²) in [6, 6.07) is 0.638. The van der Waals surface area contributed by atoms with Crippen LogP contribution in [0.5, 0.6) is 0 Å². The molecule has 1 aliphatic heterocycles. The summed E-state index contributed by atoms with van der Waals surface area (Å²) in [6.45, 7) is 15.4. The number of piperidine rings is 1. The number of nitrogens with one attached hydrogen (secondary N) is 1. The van der Waals surface area contributed by atoms with Crippen molar-refractivity contribution in [3.63, 3.8) is 0 Å². The molecule has 0 radical (unpaired) electrons. The monoisotopic (exact) mass is 324 g/mol. The lowest BCUT2D eigenvalue weighted by molar-refractivity contribution is 0.00647. The first-order valence-electron chi connectivity index (χ1n) is 9.19. The summed E-state index contributed by atoms with van der Waals surface area (Å²) in [6.07, 6.45) is 5.93. The average Bonchev–Trinajstić information content (AvgIpc) is 2.74. The maximum atomic E-state index is 12.3. The predicted octanol–water partition coefficient (Wildman–Crippen LogP) is 4.19. The van der Waals surface area contributed by atoms with Crippen molar-refractivity contribution in [2.75, 3.05) is 19.6 Å². The second-order valence-electron chi connectivity index (χ2n) is 9.80. The Morgan fingerprint density at radius 3 is 2.52 bits per heavy atom. The number of carbonyl (C=O) groups excluding carboxylic acids is 1. The van der Waals surface area contributed by atoms with Gasteiger partial charge in [-0.15, -0.1) is 0 Å². The van der Waals surface area contributed by atoms with Gasteiger partial charge < -0.3 is 15.0 Å². The molecule has 2 atom stereocenters. The van der Waals surface area contributed by atoms with Gasteiger partial charge in [-0.3, -0.25) is 0 Å². The fraction of sp³-hybridized carbons (Fsp3) is 0.947. The minimum absolute atomic E-state index is 0.155. The van der Waals surface area contributed by atoms with Crippen LogP contribution in [0.4, 0.5) is 4.79 Å². The predicted molar refractivity (Wildman–Crippen MR) is 94.6 cm³/mol. The number of hydrogen-bond donors (Lipinski definition) is 1. The number of hydrogen-bond acceptors (Lipinski definition) is 3. The minimum Gasteiger partial charge on any atom is -0.444 e. The van der Waals surface area contributed by atoms with Crippen LogP contribution in [-0.2, 0) is 4.74 Å². The first kappa shape index (κ1) is 18.6. The molecule has 2 rings (SSSR count). The molecule has 23 heavy (non-hydrogen) atoms. The molecular weight excluding hydrogens is 288 g/mol. The van der Waals surface area contributed by atoms with E-state index in [1.54, 1.807) is 0 Å². The fourth-order valence-corrected chi connectivity index (χ4v) is 3.94. The molecule has 1 saturated carbocycles. The molecule has 0 aromatic heterocycles. The standard InChI is InChI=1S/C19H36N2O2/c1-17(2,3)23-16(22)21-11-7-9-19(6,14-21)13-20-15-8-10-18(4,5)12-15/h15,20H,7-14H2,1-6H3. The Balaban J connectivity index is 1.85. The second-order valence-corrected chi connectivity index (χ2v) is 9.80. The van der Waals surface area contributed by atoms with Crippen molar-refractivity contribution in [1.29, 1.82) is 0 Å². The van der Waals surface area contributed by atoms with Crippen molar-refractivity contribution < 1.29 is 9.53 Å². The van der Waals surface area contributed by atoms with Gasteiger partial charge >= 0.3 is 6.09 Å². The van der Waals surface area contributed by atoms with E-state index in [9.17, 15) is 4.79 Å². The Labute approximate surface area is 142 Å². The highest BCUT2D eigenvalue weighted by Gasteiger charge is 2.37. The molecule has 1 aliphatic carbocycles. The third-order valence-corrected chi connectivity index (χ3v) is 5.22. The number of carbonyl (C=O) groups is 1. The molecule has 2 unspecified atom stereocenters. The molecule has 1 saturated heterocycles. The molecule has 134 valence electrons. The SMILES string of the molecule is CC1(C)CCC(NCC2(C)CCCN(C(=O)OC(C)(C)C)C2)C1. The van der Waals surface area contributed by atoms with E-state index < -0.39 is 5.60 Å². The van der Waals surface area contributed by atoms with Crippen molar-refractivity contribution in [3.8, 4) is 0 Å². The maximum Gasteiger partial charge on any atom is 0.410 e. The van der Waals surface area contributed by atoms with Crippen LogP contribution in [0.2, 0.25) is 0 Å². The lowest BCUT2D eigenvalue weighted by Crippen LogP contribution is -2.51. The van der Waals surface area contributed by atoms with E-state index in [1.165, 1.54) is 25.7 Å². The normalized spacial score (nSPS) is 31.2. The fourth-order valence-electron chi connectivity index (χ4n) is 3.94. The molecule has 2 fully saturated rings. The zero-order valence-electron chi connectivity index (χ0n) is 16.0. The Bertz CT molecular complexity index is 428. The third kappa shape index (κ3) is 5.66. The van der Waals surface area contributed by atoms with Gasteiger partial charge in [-0.2, -0.15) is 0 Å². The van der Waals surface area contributed by atoms with Crippen molar-refractivity contribution in [1.82, 2.24) is 10.2 Å². The average molecular weight is 325 g/mol. The van der Waals surface area contributed by atoms with Crippen LogP contribution in [0.1, 0.15) is 73.6 Å². The van der Waals surface area contributed by atoms with E-state index in [-0.39, 0.29) is 11.5 Å². The van der Waals surface area contributed by atoms with Crippen molar-refractivity contribution in [2.45, 2.75) is 85.3 Å². The number of rotatable bonds is 3. The van der Waals surface area contributed by atoms with Crippen LogP contribution in [0, 0.1) is 10.8 Å². The first-order valence-corrected chi connectivity index (χ1v) is 9.19. The van der Waals surface area contributed by atoms with E-state index in [0.717, 1.165) is 26.1 Å². The summed E-state index contributed by atoms with van der Waals surface area (Å²) in [5.74, 6) is 0. The van der Waals surface area contributed by atoms with E-state index in [4.69, 9.17) is 4.74 Å². The van der Waals surface area contributed by atoms with E-state index in [0.29, 0.717) is 11.5 Å². The Morgan fingerprint density at radius 1 is 1.26 bits per heavy atom. The van der Waals surface area contributed by atoms with E-state index in [1.807, 2.05) is 25.7 Å². The van der Waals surface area contributed by atoms with Crippen molar-refractivity contribution in [3.05, 3.63) is 0 Å². The zero-order valence-corrected chi connectivity index (χ0v) is 16.0. The highest BCUT2D eigenvalue weighted by Crippen LogP contribution is 2.37. The third-order valence-electron chi connectivity index (χ3n) is 5.22. The molecule has 4 nitrogen and oxygen atoms in total. The van der Waals surface area contributed by atoms with Crippen molar-refractivity contribution >= 4 is 6.09 Å². The van der Waals surface area contributed by atoms with E-state index >= 15 is 0 Å². The number of likely N-dealkylation sites (tertiary alicyclic amines) is 1. The maximum absolute atomic E-state index is 12.3. The van der Waals surface area contributed by atoms with Crippen LogP contribution in [-0.4, -0.2) is 42.3 Å². The van der Waals surface area contributed by atoms with Crippen LogP contribution in [0.25, 0.3) is 0 Å². The van der Waals surface area contributed by atoms with Crippen LogP contribution in [0.15, 0.2) is 0 Å². The molecule has 1 N–H and O–H groups in total. The molecule has 0 bridgehead atoms. The summed E-state index contributed by atoms with van der Waals surface area (Å²) in [4.78, 5) is 14.2. The lowest BCUT2D eigenvalue weighted by atomic mass is 9.81. The van der Waals surface area contributed by atoms with Crippen LogP contribution >= 0.6 is 0 Å². The second kappa shape index (κ2) is 6.62. The van der Waals surface area contributed by atoms with Crippen LogP contribution in [0.3, 0.4) is 0 Å². The first-order chi connectivity index (χ1) is 10.5. The Kier molecular flexibility index (Phi) is 5.34. The summed E-state index contributed by atoms with van der Waals surface area (Å²) in [5, 5.41) is 3.78. The molecule has 1 amide bonds. The summed E-state index contributed by atoms with van der Waals surface area (Å²) < 4.78 is 5.54. The van der Waals surface area contributed by atoms with Gasteiger partial charge in [-0.25, -0.2) is 4.79 Å². The van der Waals surface area contributed by atoms with Crippen LogP contribution < -0.4 is 5.32 Å². The molecule has 0 spiro atoms. The van der Waals surface area contributed by atoms with Gasteiger partial charge in [0.25, 0.3) is 0 Å². The summed E-state index contributed by atoms with van der Waals surface area (Å²) in [5.41, 5.74) is 0.216. The molecular formula is C19H36N2O2. The number of nitrogens with zero attached hydrogens (tertiary/aromatic N) is 1. The van der Waals surface area contributed by atoms with Crippen molar-refractivity contribution in [2.24, 2.45) is 10.8 Å². The molecule has 0 aromatic carbocycles. The molecule has 0 aromatic rings. The highest BCUT2D eigenvalue weighted by molar-refractivity contribution is 5.68. The van der Waals surface area contributed by atoms with Gasteiger partial charge in [-0.1, -0.05) is 20.8 Å². The van der Waals surface area contributed by atoms with Gasteiger partial charge in [0.05, 0.1) is 0 Å². The van der Waals surface area contributed by atoms with Gasteiger partial charge in [0.1, 0.15) is 5.60 Å². The highest BCUT2D eigenvalue weighted by atomic mass is 16.6. The number of ether oxygens (including phenoxy) is 1. The quantitative estimate of drug-likeness (QED) is 0.846. The summed E-state index contributed by atoms with van der Waals surface area (Å²) >= 11 is 0. The lowest BCUT2D eigenvalue weighted by Gasteiger charge is -2.41. The molecule has 1 heterocycles. The van der Waals surface area contributed by atoms with Gasteiger partial charge in [0, 0.05) is 25.7 Å². The zero-order chi connectivity index (χ0) is 17.3. The minimum atomic E-state index is -0.418. The van der Waals surface area contributed by atoms with Gasteiger partial charge in [-0.05, 0) is 63.7 Å². The van der Waals surface area contributed by atoms with E-state index in [2.05, 4.69) is 26.1 Å². The summed E-state index contributed by atoms with van der Waals surface area (Å²) in [7, 11) is 0.